The zero-order valence-corrected chi connectivity index (χ0v) is 24.3. The van der Waals surface area contributed by atoms with Gasteiger partial charge in [-0.2, -0.15) is 0 Å². The minimum Gasteiger partial charge on any atom is -0.352 e. The number of rotatable bonds is 11. The van der Waals surface area contributed by atoms with E-state index in [0.717, 1.165) is 47.9 Å². The van der Waals surface area contributed by atoms with Crippen LogP contribution >= 0.6 is 0 Å². The maximum Gasteiger partial charge on any atom is 0.242 e. The Kier molecular flexibility index (Phi) is 10.4. The molecule has 0 radical (unpaired) electrons. The fourth-order valence-corrected chi connectivity index (χ4v) is 6.03. The number of sulfonamides is 1. The van der Waals surface area contributed by atoms with Crippen molar-refractivity contribution in [2.24, 2.45) is 0 Å². The largest absolute Gasteiger partial charge is 0.352 e. The lowest BCUT2D eigenvalue weighted by Crippen LogP contribution is -2.50. The summed E-state index contributed by atoms with van der Waals surface area (Å²) in [6.07, 6.45) is 7.06. The molecular formula is C30H43N3O4S. The summed E-state index contributed by atoms with van der Waals surface area (Å²) in [5.74, 6) is -0.295. The molecule has 1 N–H and O–H groups in total. The summed E-state index contributed by atoms with van der Waals surface area (Å²) in [7, 11) is -3.53. The number of carbonyl (C=O) groups excluding carboxylic acids is 2. The smallest absolute Gasteiger partial charge is 0.242 e. The topological polar surface area (TPSA) is 86.8 Å². The summed E-state index contributed by atoms with van der Waals surface area (Å²) in [5, 5.41) is 3.16. The van der Waals surface area contributed by atoms with E-state index < -0.39 is 16.1 Å². The van der Waals surface area contributed by atoms with Gasteiger partial charge < -0.3 is 10.2 Å². The Morgan fingerprint density at radius 3 is 2.24 bits per heavy atom. The molecule has 8 heteroatoms. The highest BCUT2D eigenvalue weighted by Crippen LogP contribution is 2.25. The second-order valence-corrected chi connectivity index (χ2v) is 12.7. The highest BCUT2D eigenvalue weighted by atomic mass is 32.2. The Balaban J connectivity index is 1.73. The van der Waals surface area contributed by atoms with Crippen molar-refractivity contribution in [2.45, 2.75) is 91.3 Å². The number of amides is 2. The van der Waals surface area contributed by atoms with Crippen LogP contribution < -0.4 is 9.62 Å². The zero-order chi connectivity index (χ0) is 27.9. The minimum absolute atomic E-state index is 0.134. The maximum atomic E-state index is 13.5. The van der Waals surface area contributed by atoms with Gasteiger partial charge in [-0.1, -0.05) is 61.2 Å². The second kappa shape index (κ2) is 13.3. The third kappa shape index (κ3) is 8.32. The molecule has 1 fully saturated rings. The molecular weight excluding hydrogens is 498 g/mol. The summed E-state index contributed by atoms with van der Waals surface area (Å²) in [5.41, 5.74) is 4.55. The van der Waals surface area contributed by atoms with Crippen molar-refractivity contribution >= 4 is 27.5 Å². The Hall–Kier alpha value is -2.87. The van der Waals surface area contributed by atoms with Crippen molar-refractivity contribution < 1.29 is 18.0 Å². The Labute approximate surface area is 228 Å². The molecule has 1 saturated carbocycles. The van der Waals surface area contributed by atoms with Crippen molar-refractivity contribution in [1.82, 2.24) is 10.2 Å². The normalized spacial score (nSPS) is 15.1. The lowest BCUT2D eigenvalue weighted by Gasteiger charge is -2.31. The molecule has 7 nitrogen and oxygen atoms in total. The molecule has 2 amide bonds. The summed E-state index contributed by atoms with van der Waals surface area (Å²) < 4.78 is 26.7. The summed E-state index contributed by atoms with van der Waals surface area (Å²) in [6, 6.07) is 13.2. The number of benzene rings is 2. The van der Waals surface area contributed by atoms with E-state index in [2.05, 4.69) is 5.32 Å². The van der Waals surface area contributed by atoms with Crippen LogP contribution in [-0.4, -0.2) is 50.0 Å². The molecule has 1 aliphatic rings. The molecule has 3 rings (SSSR count). The van der Waals surface area contributed by atoms with Crippen LogP contribution in [0.15, 0.2) is 42.5 Å². The van der Waals surface area contributed by atoms with Crippen molar-refractivity contribution in [3.8, 4) is 0 Å². The molecule has 208 valence electrons. The summed E-state index contributed by atoms with van der Waals surface area (Å²) in [6.45, 7) is 8.12. The fraction of sp³-hybridized carbons (Fsp3) is 0.533. The zero-order valence-electron chi connectivity index (χ0n) is 23.5. The minimum atomic E-state index is -3.53. The predicted molar refractivity (Wildman–Crippen MR) is 154 cm³/mol. The van der Waals surface area contributed by atoms with Gasteiger partial charge in [0, 0.05) is 25.6 Å². The molecule has 0 spiro atoms. The van der Waals surface area contributed by atoms with E-state index in [0.29, 0.717) is 18.7 Å². The fourth-order valence-electron chi connectivity index (χ4n) is 5.01. The average molecular weight is 542 g/mol. The molecule has 0 heterocycles. The molecule has 1 atom stereocenters. The molecule has 38 heavy (non-hydrogen) atoms. The van der Waals surface area contributed by atoms with Crippen molar-refractivity contribution in [3.05, 3.63) is 64.7 Å². The first-order valence-electron chi connectivity index (χ1n) is 13.7. The standard InChI is InChI=1S/C30H43N3O4S/c1-22-14-17-26(18-15-22)21-32(25(4)30(35)31-27-10-7-6-8-11-27)29(34)12-9-19-33(38(5,36)37)28-20-23(2)13-16-24(28)3/h13-18,20,25,27H,6-12,19,21H2,1-5H3,(H,31,35)/t25-/m0/s1. The van der Waals surface area contributed by atoms with Gasteiger partial charge in [-0.3, -0.25) is 13.9 Å². The van der Waals surface area contributed by atoms with Crippen LogP contribution in [0.5, 0.6) is 0 Å². The van der Waals surface area contributed by atoms with Crippen LogP contribution in [0.25, 0.3) is 0 Å². The molecule has 0 aromatic heterocycles. The Bertz CT molecular complexity index is 1200. The first-order chi connectivity index (χ1) is 18.0. The Morgan fingerprint density at radius 1 is 0.974 bits per heavy atom. The van der Waals surface area contributed by atoms with Crippen LogP contribution in [0.3, 0.4) is 0 Å². The van der Waals surface area contributed by atoms with E-state index in [1.807, 2.05) is 63.2 Å². The third-order valence-corrected chi connectivity index (χ3v) is 8.56. The maximum absolute atomic E-state index is 13.5. The van der Waals surface area contributed by atoms with Gasteiger partial charge in [-0.15, -0.1) is 0 Å². The van der Waals surface area contributed by atoms with Gasteiger partial charge in [0.05, 0.1) is 11.9 Å². The van der Waals surface area contributed by atoms with Gasteiger partial charge in [0.25, 0.3) is 0 Å². The van der Waals surface area contributed by atoms with Gasteiger partial charge >= 0.3 is 0 Å². The van der Waals surface area contributed by atoms with Gasteiger partial charge in [0.2, 0.25) is 21.8 Å². The lowest BCUT2D eigenvalue weighted by molar-refractivity contribution is -0.141. The molecule has 2 aromatic carbocycles. The first kappa shape index (κ1) is 29.7. The van der Waals surface area contributed by atoms with Gasteiger partial charge in [-0.05, 0) is 69.7 Å². The second-order valence-electron chi connectivity index (χ2n) is 10.8. The summed E-state index contributed by atoms with van der Waals surface area (Å²) in [4.78, 5) is 28.3. The first-order valence-corrected chi connectivity index (χ1v) is 15.5. The number of anilines is 1. The molecule has 0 aliphatic heterocycles. The SMILES string of the molecule is Cc1ccc(CN(C(=O)CCCN(c2cc(C)ccc2C)S(C)(=O)=O)[C@@H](C)C(=O)NC2CCCCC2)cc1. The van der Waals surface area contributed by atoms with Gasteiger partial charge in [0.15, 0.2) is 0 Å². The molecule has 0 saturated heterocycles. The van der Waals surface area contributed by atoms with Crippen molar-refractivity contribution in [3.63, 3.8) is 0 Å². The van der Waals surface area contributed by atoms with E-state index in [1.165, 1.54) is 17.0 Å². The van der Waals surface area contributed by atoms with E-state index in [4.69, 9.17) is 0 Å². The number of carbonyl (C=O) groups is 2. The third-order valence-electron chi connectivity index (χ3n) is 7.38. The van der Waals surface area contributed by atoms with Gasteiger partial charge in [-0.25, -0.2) is 8.42 Å². The average Bonchev–Trinajstić information content (AvgIpc) is 2.87. The number of hydrogen-bond acceptors (Lipinski definition) is 4. The van der Waals surface area contributed by atoms with Crippen molar-refractivity contribution in [1.29, 1.82) is 0 Å². The quantitative estimate of drug-likeness (QED) is 0.433. The Morgan fingerprint density at radius 2 is 1.61 bits per heavy atom. The molecule has 0 bridgehead atoms. The van der Waals surface area contributed by atoms with Gasteiger partial charge in [0.1, 0.15) is 6.04 Å². The summed E-state index contributed by atoms with van der Waals surface area (Å²) >= 11 is 0. The van der Waals surface area contributed by atoms with E-state index in [9.17, 15) is 18.0 Å². The number of hydrogen-bond donors (Lipinski definition) is 1. The highest BCUT2D eigenvalue weighted by Gasteiger charge is 2.28. The predicted octanol–water partition coefficient (Wildman–Crippen LogP) is 5.02. The van der Waals surface area contributed by atoms with Crippen LogP contribution in [0.4, 0.5) is 5.69 Å². The van der Waals surface area contributed by atoms with E-state index >= 15 is 0 Å². The van der Waals surface area contributed by atoms with Crippen LogP contribution in [0.1, 0.15) is 74.1 Å². The highest BCUT2D eigenvalue weighted by molar-refractivity contribution is 7.92. The van der Waals surface area contributed by atoms with Crippen LogP contribution in [0, 0.1) is 20.8 Å². The van der Waals surface area contributed by atoms with Crippen LogP contribution in [-0.2, 0) is 26.2 Å². The molecule has 0 unspecified atom stereocenters. The van der Waals surface area contributed by atoms with E-state index in [1.54, 1.807) is 11.8 Å². The molecule has 2 aromatic rings. The monoisotopic (exact) mass is 541 g/mol. The number of nitrogens with zero attached hydrogens (tertiary/aromatic N) is 2. The number of aryl methyl sites for hydroxylation is 3. The van der Waals surface area contributed by atoms with Crippen molar-refractivity contribution in [2.75, 3.05) is 17.1 Å². The lowest BCUT2D eigenvalue weighted by atomic mass is 9.95. The number of nitrogens with one attached hydrogen (secondary N) is 1. The molecule has 1 aliphatic carbocycles. The van der Waals surface area contributed by atoms with E-state index in [-0.39, 0.29) is 30.8 Å². The van der Waals surface area contributed by atoms with Crippen LogP contribution in [0.2, 0.25) is 0 Å².